The Kier molecular flexibility index (Phi) is 6.78. The number of nitrogens with zero attached hydrogens (tertiary/aromatic N) is 1. The Balaban J connectivity index is 2.29. The number of allylic oxidation sites excluding steroid dienone is 5. The second-order valence-corrected chi connectivity index (χ2v) is 6.95. The second-order valence-electron chi connectivity index (χ2n) is 6.95. The van der Waals surface area contributed by atoms with Gasteiger partial charge in [-0.25, -0.2) is 9.18 Å². The van der Waals surface area contributed by atoms with Gasteiger partial charge in [0.05, 0.1) is 7.11 Å². The summed E-state index contributed by atoms with van der Waals surface area (Å²) in [5.41, 5.74) is 4.64. The number of ether oxygens (including phenoxy) is 1. The van der Waals surface area contributed by atoms with E-state index in [1.807, 2.05) is 6.07 Å². The van der Waals surface area contributed by atoms with Gasteiger partial charge in [0.15, 0.2) is 0 Å². The van der Waals surface area contributed by atoms with E-state index < -0.39 is 5.97 Å². The molecule has 0 N–H and O–H groups in total. The first-order chi connectivity index (χ1) is 12.3. The Labute approximate surface area is 155 Å². The molecule has 0 atom stereocenters. The minimum Gasteiger partial charge on any atom is -0.466 e. The number of benzene rings is 1. The van der Waals surface area contributed by atoms with Crippen molar-refractivity contribution in [1.29, 1.82) is 0 Å². The van der Waals surface area contributed by atoms with E-state index in [4.69, 9.17) is 0 Å². The number of fused-ring (bicyclic) bond motifs is 1. The molecule has 1 aliphatic rings. The SMILES string of the molecule is COC(=O)C=C(C)C=CC(F)=C(C)c1ccc2c(c1)N(C(C)C)CCC2. The van der Waals surface area contributed by atoms with Crippen molar-refractivity contribution >= 4 is 17.2 Å². The highest BCUT2D eigenvalue weighted by Crippen LogP contribution is 2.32. The molecule has 0 amide bonds. The van der Waals surface area contributed by atoms with Crippen LogP contribution < -0.4 is 4.90 Å². The van der Waals surface area contributed by atoms with Gasteiger partial charge in [-0.1, -0.05) is 18.2 Å². The summed E-state index contributed by atoms with van der Waals surface area (Å²) in [5, 5.41) is 0. The first-order valence-corrected chi connectivity index (χ1v) is 9.04. The van der Waals surface area contributed by atoms with Crippen LogP contribution in [0.2, 0.25) is 0 Å². The van der Waals surface area contributed by atoms with Crippen LogP contribution in [0.3, 0.4) is 0 Å². The van der Waals surface area contributed by atoms with Crippen LogP contribution in [0.25, 0.3) is 5.57 Å². The van der Waals surface area contributed by atoms with Gasteiger partial charge < -0.3 is 9.64 Å². The maximum atomic E-state index is 14.6. The lowest BCUT2D eigenvalue weighted by atomic mass is 9.96. The fourth-order valence-corrected chi connectivity index (χ4v) is 3.13. The zero-order valence-corrected chi connectivity index (χ0v) is 16.3. The molecule has 0 fully saturated rings. The topological polar surface area (TPSA) is 29.5 Å². The van der Waals surface area contributed by atoms with E-state index in [-0.39, 0.29) is 5.83 Å². The summed E-state index contributed by atoms with van der Waals surface area (Å²) in [7, 11) is 1.32. The van der Waals surface area contributed by atoms with Crippen LogP contribution in [0.1, 0.15) is 45.2 Å². The molecule has 0 saturated heterocycles. The molecule has 4 heteroatoms. The van der Waals surface area contributed by atoms with E-state index in [1.54, 1.807) is 19.9 Å². The van der Waals surface area contributed by atoms with Gasteiger partial charge in [0.25, 0.3) is 0 Å². The Morgan fingerprint density at radius 1 is 1.27 bits per heavy atom. The predicted octanol–water partition coefficient (Wildman–Crippen LogP) is 5.22. The molecule has 0 bridgehead atoms. The number of halogens is 1. The van der Waals surface area contributed by atoms with Crippen molar-refractivity contribution in [1.82, 2.24) is 0 Å². The van der Waals surface area contributed by atoms with Gasteiger partial charge in [-0.3, -0.25) is 0 Å². The highest BCUT2D eigenvalue weighted by atomic mass is 19.1. The van der Waals surface area contributed by atoms with Crippen LogP contribution in [-0.4, -0.2) is 25.7 Å². The van der Waals surface area contributed by atoms with Crippen LogP contribution in [0, 0.1) is 0 Å². The number of esters is 1. The van der Waals surface area contributed by atoms with Crippen molar-refractivity contribution in [2.75, 3.05) is 18.6 Å². The minimum atomic E-state index is -0.447. The van der Waals surface area contributed by atoms with Crippen molar-refractivity contribution < 1.29 is 13.9 Å². The predicted molar refractivity (Wildman–Crippen MR) is 106 cm³/mol. The summed E-state index contributed by atoms with van der Waals surface area (Å²) in [5.74, 6) is -0.758. The van der Waals surface area contributed by atoms with E-state index in [0.29, 0.717) is 17.2 Å². The third-order valence-corrected chi connectivity index (χ3v) is 4.69. The molecule has 0 unspecified atom stereocenters. The maximum Gasteiger partial charge on any atom is 0.330 e. The first-order valence-electron chi connectivity index (χ1n) is 9.04. The normalized spacial score (nSPS) is 16.0. The Morgan fingerprint density at radius 2 is 2.00 bits per heavy atom. The van der Waals surface area contributed by atoms with Crippen molar-refractivity contribution in [2.45, 2.75) is 46.6 Å². The highest BCUT2D eigenvalue weighted by Gasteiger charge is 2.19. The van der Waals surface area contributed by atoms with Gasteiger partial charge in [0, 0.05) is 24.4 Å². The quantitative estimate of drug-likeness (QED) is 0.411. The largest absolute Gasteiger partial charge is 0.466 e. The van der Waals surface area contributed by atoms with Gasteiger partial charge in [0.2, 0.25) is 0 Å². The molecular weight excluding hydrogens is 329 g/mol. The lowest BCUT2D eigenvalue weighted by Gasteiger charge is -2.35. The van der Waals surface area contributed by atoms with E-state index in [0.717, 1.165) is 24.9 Å². The first kappa shape index (κ1) is 20.0. The number of aryl methyl sites for hydroxylation is 1. The molecule has 2 rings (SSSR count). The van der Waals surface area contributed by atoms with E-state index >= 15 is 0 Å². The molecule has 1 aromatic rings. The average molecular weight is 357 g/mol. The standard InChI is InChI=1S/C22H28FNO2/c1-15(2)24-12-6-7-18-9-10-19(14-21(18)24)17(4)20(23)11-8-16(3)13-22(25)26-5/h8-11,13-15H,6-7,12H2,1-5H3. The smallest absolute Gasteiger partial charge is 0.330 e. The summed E-state index contributed by atoms with van der Waals surface area (Å²) in [6.07, 6.45) is 6.53. The van der Waals surface area contributed by atoms with Crippen LogP contribution in [-0.2, 0) is 16.0 Å². The molecule has 0 saturated carbocycles. The lowest BCUT2D eigenvalue weighted by Crippen LogP contribution is -2.35. The van der Waals surface area contributed by atoms with Gasteiger partial charge in [-0.15, -0.1) is 0 Å². The zero-order chi connectivity index (χ0) is 19.3. The van der Waals surface area contributed by atoms with Gasteiger partial charge in [0.1, 0.15) is 5.83 Å². The van der Waals surface area contributed by atoms with Crippen LogP contribution in [0.5, 0.6) is 0 Å². The number of hydrogen-bond acceptors (Lipinski definition) is 3. The molecule has 1 heterocycles. The van der Waals surface area contributed by atoms with Crippen LogP contribution in [0.4, 0.5) is 10.1 Å². The number of carbonyl (C=O) groups is 1. The highest BCUT2D eigenvalue weighted by molar-refractivity contribution is 5.83. The molecular formula is C22H28FNO2. The summed E-state index contributed by atoms with van der Waals surface area (Å²) in [4.78, 5) is 13.6. The molecule has 1 aromatic carbocycles. The van der Waals surface area contributed by atoms with Gasteiger partial charge in [-0.2, -0.15) is 0 Å². The fraction of sp³-hybridized carbons (Fsp3) is 0.409. The van der Waals surface area contributed by atoms with Crippen LogP contribution >= 0.6 is 0 Å². The van der Waals surface area contributed by atoms with E-state index in [9.17, 15) is 9.18 Å². The minimum absolute atomic E-state index is 0.311. The molecule has 0 spiro atoms. The van der Waals surface area contributed by atoms with Crippen molar-refractivity contribution in [2.24, 2.45) is 0 Å². The molecule has 140 valence electrons. The summed E-state index contributed by atoms with van der Waals surface area (Å²) in [6, 6.07) is 6.61. The zero-order valence-electron chi connectivity index (χ0n) is 16.3. The number of methoxy groups -OCH3 is 1. The molecule has 3 nitrogen and oxygen atoms in total. The van der Waals surface area contributed by atoms with Crippen molar-refractivity contribution in [3.05, 3.63) is 59.0 Å². The number of hydrogen-bond donors (Lipinski definition) is 0. The maximum absolute atomic E-state index is 14.6. The Morgan fingerprint density at radius 3 is 2.65 bits per heavy atom. The van der Waals surface area contributed by atoms with Crippen LogP contribution in [0.15, 0.2) is 47.8 Å². The van der Waals surface area contributed by atoms with Gasteiger partial charge >= 0.3 is 5.97 Å². The molecule has 1 aliphatic heterocycles. The summed E-state index contributed by atoms with van der Waals surface area (Å²) < 4.78 is 19.2. The van der Waals surface area contributed by atoms with Crippen molar-refractivity contribution in [3.8, 4) is 0 Å². The van der Waals surface area contributed by atoms with E-state index in [2.05, 4.69) is 35.6 Å². The average Bonchev–Trinajstić information content (AvgIpc) is 2.64. The summed E-state index contributed by atoms with van der Waals surface area (Å²) >= 11 is 0. The number of carbonyl (C=O) groups excluding carboxylic acids is 1. The number of anilines is 1. The third-order valence-electron chi connectivity index (χ3n) is 4.69. The fourth-order valence-electron chi connectivity index (χ4n) is 3.13. The molecule has 0 aromatic heterocycles. The Hall–Kier alpha value is -2.36. The van der Waals surface area contributed by atoms with Gasteiger partial charge in [-0.05, 0) is 75.0 Å². The molecule has 0 aliphatic carbocycles. The third kappa shape index (κ3) is 4.84. The number of rotatable bonds is 5. The summed E-state index contributed by atoms with van der Waals surface area (Å²) in [6.45, 7) is 8.92. The molecule has 26 heavy (non-hydrogen) atoms. The second kappa shape index (κ2) is 8.84. The van der Waals surface area contributed by atoms with Crippen molar-refractivity contribution in [3.63, 3.8) is 0 Å². The monoisotopic (exact) mass is 357 g/mol. The Bertz CT molecular complexity index is 759. The van der Waals surface area contributed by atoms with E-state index in [1.165, 1.54) is 30.5 Å². The lowest BCUT2D eigenvalue weighted by molar-refractivity contribution is -0.134. The molecule has 0 radical (unpaired) electrons.